The van der Waals surface area contributed by atoms with Gasteiger partial charge in [0.25, 0.3) is 5.95 Å². The van der Waals surface area contributed by atoms with Crippen molar-refractivity contribution in [1.29, 1.82) is 0 Å². The van der Waals surface area contributed by atoms with Crippen molar-refractivity contribution in [3.8, 4) is 0 Å². The topological polar surface area (TPSA) is 104 Å². The molecule has 0 aliphatic carbocycles. The van der Waals surface area contributed by atoms with Crippen LogP contribution in [0.3, 0.4) is 0 Å². The average molecular weight is 307 g/mol. The Hall–Kier alpha value is -2.48. The number of amides is 2. The molecule has 0 unspecified atom stereocenters. The van der Waals surface area contributed by atoms with Gasteiger partial charge in [-0.3, -0.25) is 14.9 Å². The van der Waals surface area contributed by atoms with Gasteiger partial charge >= 0.3 is 0 Å². The lowest BCUT2D eigenvalue weighted by molar-refractivity contribution is -0.129. The maximum absolute atomic E-state index is 12.3. The van der Waals surface area contributed by atoms with Gasteiger partial charge in [-0.1, -0.05) is 16.7 Å². The van der Waals surface area contributed by atoms with E-state index in [4.69, 9.17) is 11.6 Å². The highest BCUT2D eigenvalue weighted by Crippen LogP contribution is 2.26. The molecule has 2 amide bonds. The molecule has 3 rings (SSSR count). The first kappa shape index (κ1) is 13.5. The molecule has 0 spiro atoms. The molecular weight excluding hydrogens is 296 g/mol. The molecule has 2 aromatic rings. The Labute approximate surface area is 124 Å². The zero-order valence-electron chi connectivity index (χ0n) is 10.8. The Morgan fingerprint density at radius 1 is 1.38 bits per heavy atom. The first-order chi connectivity index (χ1) is 10.1. The highest BCUT2D eigenvalue weighted by atomic mass is 35.5. The fraction of sp³-hybridized carbons (Fsp3) is 0.250. The first-order valence-corrected chi connectivity index (χ1v) is 6.64. The van der Waals surface area contributed by atoms with E-state index in [0.717, 1.165) is 5.69 Å². The lowest BCUT2D eigenvalue weighted by atomic mass is 10.1. The van der Waals surface area contributed by atoms with Crippen molar-refractivity contribution in [1.82, 2.24) is 20.6 Å². The molecule has 108 valence electrons. The van der Waals surface area contributed by atoms with E-state index in [1.807, 2.05) is 0 Å². The summed E-state index contributed by atoms with van der Waals surface area (Å²) in [5.41, 5.74) is 0.722. The number of tetrazole rings is 1. The quantitative estimate of drug-likeness (QED) is 0.818. The molecule has 21 heavy (non-hydrogen) atoms. The summed E-state index contributed by atoms with van der Waals surface area (Å²) in [6.07, 6.45) is 0.436. The minimum absolute atomic E-state index is 0.0535. The second-order valence-electron chi connectivity index (χ2n) is 4.53. The number of benzene rings is 1. The highest BCUT2D eigenvalue weighted by molar-refractivity contribution is 6.30. The van der Waals surface area contributed by atoms with Crippen LogP contribution in [0.1, 0.15) is 6.42 Å². The number of H-pyrrole nitrogens is 1. The number of carbonyl (C=O) groups excluding carboxylic acids is 2. The Morgan fingerprint density at radius 3 is 2.81 bits per heavy atom. The number of halogens is 1. The minimum atomic E-state index is -0.751. The Kier molecular flexibility index (Phi) is 3.53. The van der Waals surface area contributed by atoms with E-state index in [9.17, 15) is 9.59 Å². The van der Waals surface area contributed by atoms with E-state index < -0.39 is 11.8 Å². The van der Waals surface area contributed by atoms with Crippen molar-refractivity contribution in [2.45, 2.75) is 6.42 Å². The van der Waals surface area contributed by atoms with Gasteiger partial charge in [-0.05, 0) is 35.9 Å². The molecule has 2 heterocycles. The number of anilines is 2. The molecule has 9 heteroatoms. The van der Waals surface area contributed by atoms with Crippen molar-refractivity contribution < 1.29 is 9.59 Å². The average Bonchev–Trinajstić information content (AvgIpc) is 3.09. The van der Waals surface area contributed by atoms with Crippen LogP contribution < -0.4 is 10.2 Å². The Bertz CT molecular complexity index is 657. The molecule has 2 N–H and O–H groups in total. The summed E-state index contributed by atoms with van der Waals surface area (Å²) in [6.45, 7) is 0.477. The molecular formula is C12H11ClN6O2. The molecule has 1 aromatic heterocycles. The highest BCUT2D eigenvalue weighted by Gasteiger charge is 2.37. The zero-order chi connectivity index (χ0) is 14.8. The molecule has 1 aromatic carbocycles. The molecule has 1 saturated heterocycles. The number of nitrogens with zero attached hydrogens (tertiary/aromatic N) is 4. The molecule has 0 radical (unpaired) electrons. The molecule has 8 nitrogen and oxygen atoms in total. The zero-order valence-corrected chi connectivity index (χ0v) is 11.5. The van der Waals surface area contributed by atoms with Gasteiger partial charge in [0.2, 0.25) is 11.8 Å². The van der Waals surface area contributed by atoms with Gasteiger partial charge in [0.1, 0.15) is 5.92 Å². The van der Waals surface area contributed by atoms with Crippen LogP contribution in [0.5, 0.6) is 0 Å². The van der Waals surface area contributed by atoms with Gasteiger partial charge in [0.05, 0.1) is 0 Å². The summed E-state index contributed by atoms with van der Waals surface area (Å²) in [7, 11) is 0. The Morgan fingerprint density at radius 2 is 2.14 bits per heavy atom. The third-order valence-electron chi connectivity index (χ3n) is 3.24. The van der Waals surface area contributed by atoms with Gasteiger partial charge in [0.15, 0.2) is 0 Å². The van der Waals surface area contributed by atoms with Crippen LogP contribution in [0.2, 0.25) is 5.02 Å². The largest absolute Gasteiger partial charge is 0.312 e. The van der Waals surface area contributed by atoms with Crippen LogP contribution in [-0.2, 0) is 9.59 Å². The van der Waals surface area contributed by atoms with Crippen LogP contribution in [0.4, 0.5) is 11.6 Å². The van der Waals surface area contributed by atoms with Crippen molar-refractivity contribution in [3.63, 3.8) is 0 Å². The van der Waals surface area contributed by atoms with Crippen molar-refractivity contribution in [2.24, 2.45) is 5.92 Å². The van der Waals surface area contributed by atoms with Crippen molar-refractivity contribution in [2.75, 3.05) is 16.8 Å². The fourth-order valence-corrected chi connectivity index (χ4v) is 2.34. The molecule has 0 bridgehead atoms. The van der Waals surface area contributed by atoms with E-state index >= 15 is 0 Å². The second kappa shape index (κ2) is 5.49. The second-order valence-corrected chi connectivity index (χ2v) is 4.97. The molecule has 1 aliphatic rings. The number of hydrogen-bond donors (Lipinski definition) is 2. The lowest BCUT2D eigenvalue weighted by Crippen LogP contribution is -2.33. The third-order valence-corrected chi connectivity index (χ3v) is 3.49. The van der Waals surface area contributed by atoms with Gasteiger partial charge in [-0.15, -0.1) is 5.10 Å². The number of hydrogen-bond acceptors (Lipinski definition) is 5. The number of aromatic nitrogens is 4. The van der Waals surface area contributed by atoms with Crippen LogP contribution in [0.15, 0.2) is 24.3 Å². The van der Waals surface area contributed by atoms with E-state index in [1.54, 1.807) is 29.2 Å². The number of carbonyl (C=O) groups is 2. The van der Waals surface area contributed by atoms with Crippen molar-refractivity contribution in [3.05, 3.63) is 29.3 Å². The molecule has 1 aliphatic heterocycles. The van der Waals surface area contributed by atoms with Crippen molar-refractivity contribution >= 4 is 35.1 Å². The van der Waals surface area contributed by atoms with E-state index in [0.29, 0.717) is 18.0 Å². The van der Waals surface area contributed by atoms with Crippen LogP contribution in [-0.4, -0.2) is 39.0 Å². The van der Waals surface area contributed by atoms with E-state index in [-0.39, 0.29) is 11.9 Å². The maximum atomic E-state index is 12.3. The maximum Gasteiger partial charge on any atom is 0.269 e. The summed E-state index contributed by atoms with van der Waals surface area (Å²) in [5.74, 6) is -1.38. The summed E-state index contributed by atoms with van der Waals surface area (Å²) in [5, 5.41) is 15.8. The third kappa shape index (κ3) is 2.70. The monoisotopic (exact) mass is 306 g/mol. The van der Waals surface area contributed by atoms with Gasteiger partial charge in [-0.25, -0.2) is 0 Å². The van der Waals surface area contributed by atoms with Gasteiger partial charge in [-0.2, -0.15) is 5.21 Å². The van der Waals surface area contributed by atoms with E-state index in [2.05, 4.69) is 25.9 Å². The summed E-state index contributed by atoms with van der Waals surface area (Å²) < 4.78 is 0. The number of aromatic amines is 1. The molecule has 0 saturated carbocycles. The van der Waals surface area contributed by atoms with E-state index in [1.165, 1.54) is 0 Å². The summed E-state index contributed by atoms with van der Waals surface area (Å²) in [6, 6.07) is 6.91. The van der Waals surface area contributed by atoms with Crippen LogP contribution in [0, 0.1) is 5.92 Å². The number of nitrogens with one attached hydrogen (secondary N) is 2. The smallest absolute Gasteiger partial charge is 0.269 e. The summed E-state index contributed by atoms with van der Waals surface area (Å²) >= 11 is 5.82. The van der Waals surface area contributed by atoms with Gasteiger partial charge < -0.3 is 4.90 Å². The first-order valence-electron chi connectivity index (χ1n) is 6.26. The number of rotatable bonds is 3. The SMILES string of the molecule is O=C(Nc1nn[nH]n1)[C@H]1CCN(c2ccc(Cl)cc2)C1=O. The van der Waals surface area contributed by atoms with Gasteiger partial charge in [0, 0.05) is 17.3 Å². The van der Waals surface area contributed by atoms with Crippen LogP contribution >= 0.6 is 11.6 Å². The Balaban J connectivity index is 1.71. The van der Waals surface area contributed by atoms with Crippen LogP contribution in [0.25, 0.3) is 0 Å². The molecule has 1 fully saturated rings. The predicted molar refractivity (Wildman–Crippen MR) is 74.7 cm³/mol. The molecule has 1 atom stereocenters. The lowest BCUT2D eigenvalue weighted by Gasteiger charge is -2.16. The minimum Gasteiger partial charge on any atom is -0.312 e. The standard InChI is InChI=1S/C12H11ClN6O2/c13-7-1-3-8(4-2-7)19-6-5-9(11(19)21)10(20)14-12-15-17-18-16-12/h1-4,9H,5-6H2,(H2,14,15,16,17,18,20)/t9-/m1/s1. The normalized spacial score (nSPS) is 18.0. The fourth-order valence-electron chi connectivity index (χ4n) is 2.21. The summed E-state index contributed by atoms with van der Waals surface area (Å²) in [4.78, 5) is 25.9. The predicted octanol–water partition coefficient (Wildman–Crippen LogP) is 0.845.